The minimum atomic E-state index is -0.421. The molecule has 2 rings (SSSR count). The van der Waals surface area contributed by atoms with Crippen LogP contribution < -0.4 is 14.8 Å². The normalized spacial score (nSPS) is 11.8. The molecular formula is C14H19N5O3S. The first-order valence-corrected chi connectivity index (χ1v) is 8.00. The number of nitrogens with zero attached hydrogens (tertiary/aromatic N) is 4. The van der Waals surface area contributed by atoms with E-state index in [1.165, 1.54) is 31.6 Å². The van der Waals surface area contributed by atoms with E-state index >= 15 is 0 Å². The summed E-state index contributed by atoms with van der Waals surface area (Å²) in [5.41, 5.74) is 0.132. The Morgan fingerprint density at radius 1 is 1.30 bits per heavy atom. The van der Waals surface area contributed by atoms with Gasteiger partial charge in [-0.25, -0.2) is 0 Å². The third-order valence-electron chi connectivity index (χ3n) is 3.11. The molecule has 0 aliphatic carbocycles. The second-order valence-corrected chi connectivity index (χ2v) is 5.88. The van der Waals surface area contributed by atoms with E-state index in [1.807, 2.05) is 0 Å². The fourth-order valence-corrected chi connectivity index (χ4v) is 2.74. The summed E-state index contributed by atoms with van der Waals surface area (Å²) in [5.74, 6) is 0.147. The highest BCUT2D eigenvalue weighted by Crippen LogP contribution is 2.26. The standard InChI is InChI=1S/C14H19N5O3S/c1-5-6-8(2)12-18-19-14(23-12)17-11(20)9-7-10(21-3)16-13(15-9)22-4/h7-8H,5-6H2,1-4H3,(H,17,19,20)/t8-/m0/s1. The molecule has 0 radical (unpaired) electrons. The van der Waals surface area contributed by atoms with Crippen molar-refractivity contribution in [1.82, 2.24) is 20.2 Å². The first-order chi connectivity index (χ1) is 11.1. The molecule has 124 valence electrons. The van der Waals surface area contributed by atoms with Crippen molar-refractivity contribution >= 4 is 22.4 Å². The fraction of sp³-hybridized carbons (Fsp3) is 0.500. The van der Waals surface area contributed by atoms with E-state index < -0.39 is 5.91 Å². The Morgan fingerprint density at radius 2 is 2.09 bits per heavy atom. The van der Waals surface area contributed by atoms with Crippen LogP contribution in [-0.4, -0.2) is 40.3 Å². The smallest absolute Gasteiger partial charge is 0.320 e. The minimum absolute atomic E-state index is 0.0593. The van der Waals surface area contributed by atoms with Gasteiger partial charge in [0.1, 0.15) is 10.7 Å². The zero-order valence-electron chi connectivity index (χ0n) is 13.5. The molecule has 0 aliphatic heterocycles. The van der Waals surface area contributed by atoms with Crippen molar-refractivity contribution in [3.05, 3.63) is 16.8 Å². The van der Waals surface area contributed by atoms with Crippen LogP contribution in [0.5, 0.6) is 11.9 Å². The van der Waals surface area contributed by atoms with Crippen LogP contribution in [0, 0.1) is 0 Å². The van der Waals surface area contributed by atoms with Gasteiger partial charge in [-0.1, -0.05) is 31.6 Å². The Kier molecular flexibility index (Phi) is 5.80. The number of hydrogen-bond acceptors (Lipinski definition) is 8. The van der Waals surface area contributed by atoms with Gasteiger partial charge in [0.25, 0.3) is 5.91 Å². The van der Waals surface area contributed by atoms with Crippen LogP contribution in [-0.2, 0) is 0 Å². The number of hydrogen-bond donors (Lipinski definition) is 1. The number of nitrogens with one attached hydrogen (secondary N) is 1. The molecule has 0 saturated heterocycles. The summed E-state index contributed by atoms with van der Waals surface area (Å²) >= 11 is 1.36. The van der Waals surface area contributed by atoms with Crippen molar-refractivity contribution in [3.8, 4) is 11.9 Å². The van der Waals surface area contributed by atoms with Gasteiger partial charge in [0.15, 0.2) is 0 Å². The van der Waals surface area contributed by atoms with E-state index in [-0.39, 0.29) is 17.6 Å². The molecule has 0 spiro atoms. The maximum atomic E-state index is 12.3. The van der Waals surface area contributed by atoms with Crippen molar-refractivity contribution < 1.29 is 14.3 Å². The molecule has 0 bridgehead atoms. The summed E-state index contributed by atoms with van der Waals surface area (Å²) in [5, 5.41) is 12.1. The molecular weight excluding hydrogens is 318 g/mol. The van der Waals surface area contributed by atoms with Crippen LogP contribution >= 0.6 is 11.3 Å². The van der Waals surface area contributed by atoms with E-state index in [9.17, 15) is 4.79 Å². The molecule has 23 heavy (non-hydrogen) atoms. The molecule has 0 saturated carbocycles. The fourth-order valence-electron chi connectivity index (χ4n) is 1.92. The number of carbonyl (C=O) groups excluding carboxylic acids is 1. The van der Waals surface area contributed by atoms with E-state index in [4.69, 9.17) is 9.47 Å². The van der Waals surface area contributed by atoms with E-state index in [1.54, 1.807) is 0 Å². The summed E-state index contributed by atoms with van der Waals surface area (Å²) in [7, 11) is 2.87. The van der Waals surface area contributed by atoms with Crippen LogP contribution in [0.25, 0.3) is 0 Å². The molecule has 2 heterocycles. The molecule has 1 N–H and O–H groups in total. The van der Waals surface area contributed by atoms with Crippen molar-refractivity contribution in [1.29, 1.82) is 0 Å². The summed E-state index contributed by atoms with van der Waals surface area (Å²) in [6.07, 6.45) is 2.10. The lowest BCUT2D eigenvalue weighted by Gasteiger charge is -2.05. The topological polar surface area (TPSA) is 99.1 Å². The Hall–Kier alpha value is -2.29. The first-order valence-electron chi connectivity index (χ1n) is 7.19. The zero-order chi connectivity index (χ0) is 16.8. The highest BCUT2D eigenvalue weighted by molar-refractivity contribution is 7.15. The number of methoxy groups -OCH3 is 2. The van der Waals surface area contributed by atoms with Gasteiger partial charge >= 0.3 is 6.01 Å². The quantitative estimate of drug-likeness (QED) is 0.828. The minimum Gasteiger partial charge on any atom is -0.481 e. The molecule has 0 fully saturated rings. The van der Waals surface area contributed by atoms with Gasteiger partial charge in [0, 0.05) is 12.0 Å². The Morgan fingerprint density at radius 3 is 2.74 bits per heavy atom. The van der Waals surface area contributed by atoms with Crippen molar-refractivity contribution in [2.45, 2.75) is 32.6 Å². The van der Waals surface area contributed by atoms with Crippen molar-refractivity contribution in [3.63, 3.8) is 0 Å². The Bertz CT molecular complexity index is 654. The Balaban J connectivity index is 2.13. The van der Waals surface area contributed by atoms with Gasteiger partial charge in [0.05, 0.1) is 14.2 Å². The zero-order valence-corrected chi connectivity index (χ0v) is 14.3. The number of aromatic nitrogens is 4. The summed E-state index contributed by atoms with van der Waals surface area (Å²) in [6.45, 7) is 4.21. The van der Waals surface area contributed by atoms with E-state index in [0.29, 0.717) is 11.0 Å². The largest absolute Gasteiger partial charge is 0.481 e. The maximum Gasteiger partial charge on any atom is 0.320 e. The number of amides is 1. The van der Waals surface area contributed by atoms with E-state index in [2.05, 4.69) is 39.3 Å². The van der Waals surface area contributed by atoms with Crippen LogP contribution in [0.2, 0.25) is 0 Å². The first kappa shape index (κ1) is 17.1. The van der Waals surface area contributed by atoms with E-state index in [0.717, 1.165) is 17.8 Å². The summed E-state index contributed by atoms with van der Waals surface area (Å²) in [6, 6.07) is 1.49. The SMILES string of the molecule is CCC[C@H](C)c1nnc(NC(=O)c2cc(OC)nc(OC)n2)s1. The number of carbonyl (C=O) groups is 1. The van der Waals surface area contributed by atoms with Crippen LogP contribution in [0.4, 0.5) is 5.13 Å². The van der Waals surface area contributed by atoms with Gasteiger partial charge in [0.2, 0.25) is 11.0 Å². The van der Waals surface area contributed by atoms with Crippen LogP contribution in [0.15, 0.2) is 6.07 Å². The average Bonchev–Trinajstić information content (AvgIpc) is 3.03. The number of ether oxygens (including phenoxy) is 2. The molecule has 1 amide bonds. The Labute approximate surface area is 138 Å². The highest BCUT2D eigenvalue weighted by Gasteiger charge is 2.16. The lowest BCUT2D eigenvalue weighted by molar-refractivity contribution is 0.102. The predicted molar refractivity (Wildman–Crippen MR) is 86.3 cm³/mol. The molecule has 2 aromatic rings. The predicted octanol–water partition coefficient (Wildman–Crippen LogP) is 2.50. The lowest BCUT2D eigenvalue weighted by Crippen LogP contribution is -2.14. The van der Waals surface area contributed by atoms with Crippen molar-refractivity contribution in [2.75, 3.05) is 19.5 Å². The van der Waals surface area contributed by atoms with Crippen LogP contribution in [0.3, 0.4) is 0 Å². The second kappa shape index (κ2) is 7.82. The summed E-state index contributed by atoms with van der Waals surface area (Å²) in [4.78, 5) is 20.2. The van der Waals surface area contributed by atoms with Gasteiger partial charge in [-0.2, -0.15) is 9.97 Å². The molecule has 0 aromatic carbocycles. The second-order valence-electron chi connectivity index (χ2n) is 4.87. The summed E-state index contributed by atoms with van der Waals surface area (Å²) < 4.78 is 9.98. The maximum absolute atomic E-state index is 12.3. The van der Waals surface area contributed by atoms with Gasteiger partial charge in [-0.3, -0.25) is 10.1 Å². The highest BCUT2D eigenvalue weighted by atomic mass is 32.1. The molecule has 2 aromatic heterocycles. The molecule has 0 aliphatic rings. The third-order valence-corrected chi connectivity index (χ3v) is 4.18. The molecule has 8 nitrogen and oxygen atoms in total. The molecule has 0 unspecified atom stereocenters. The van der Waals surface area contributed by atoms with Gasteiger partial charge in [-0.05, 0) is 6.42 Å². The van der Waals surface area contributed by atoms with Gasteiger partial charge < -0.3 is 9.47 Å². The van der Waals surface area contributed by atoms with Gasteiger partial charge in [-0.15, -0.1) is 10.2 Å². The molecule has 1 atom stereocenters. The van der Waals surface area contributed by atoms with Crippen LogP contribution in [0.1, 0.15) is 48.1 Å². The third kappa shape index (κ3) is 4.35. The molecule has 9 heteroatoms. The number of anilines is 1. The monoisotopic (exact) mass is 337 g/mol. The van der Waals surface area contributed by atoms with Crippen molar-refractivity contribution in [2.24, 2.45) is 0 Å². The number of rotatable bonds is 7. The lowest BCUT2D eigenvalue weighted by atomic mass is 10.1. The average molecular weight is 337 g/mol.